The first kappa shape index (κ1) is 10.3. The molecule has 0 aliphatic carbocycles. The third-order valence-electron chi connectivity index (χ3n) is 3.24. The van der Waals surface area contributed by atoms with Crippen molar-refractivity contribution >= 4 is 22.4 Å². The largest absolute Gasteiger partial charge is 0.397 e. The molecular formula is C11H14N4O2. The molecule has 6 heteroatoms. The number of hydrogen-bond acceptors (Lipinski definition) is 6. The molecule has 1 aliphatic rings. The van der Waals surface area contributed by atoms with E-state index >= 15 is 0 Å². The highest BCUT2D eigenvalue weighted by Crippen LogP contribution is 2.30. The van der Waals surface area contributed by atoms with E-state index in [0.717, 1.165) is 30.7 Å². The van der Waals surface area contributed by atoms with E-state index in [1.165, 1.54) is 0 Å². The van der Waals surface area contributed by atoms with Gasteiger partial charge in [-0.15, -0.1) is 0 Å². The molecule has 1 atom stereocenters. The van der Waals surface area contributed by atoms with E-state index in [0.29, 0.717) is 11.2 Å². The topological polar surface area (TPSA) is 77.4 Å². The van der Waals surface area contributed by atoms with Crippen LogP contribution in [0.15, 0.2) is 16.8 Å². The van der Waals surface area contributed by atoms with Gasteiger partial charge in [-0.05, 0) is 28.9 Å². The van der Waals surface area contributed by atoms with Crippen LogP contribution < -0.4 is 10.6 Å². The number of benzene rings is 1. The second-order valence-electron chi connectivity index (χ2n) is 4.23. The van der Waals surface area contributed by atoms with Crippen LogP contribution in [0, 0.1) is 0 Å². The SMILES string of the molecule is COC1CCN(c2ccc(N)c3nonc23)C1. The number of anilines is 2. The normalized spacial score (nSPS) is 20.3. The Balaban J connectivity index is 2.01. The molecule has 2 N–H and O–H groups in total. The summed E-state index contributed by atoms with van der Waals surface area (Å²) < 4.78 is 10.1. The van der Waals surface area contributed by atoms with Crippen molar-refractivity contribution < 1.29 is 9.37 Å². The molecule has 1 aliphatic heterocycles. The number of nitrogens with zero attached hydrogens (tertiary/aromatic N) is 3. The number of hydrogen-bond donors (Lipinski definition) is 1. The van der Waals surface area contributed by atoms with Crippen molar-refractivity contribution in [2.24, 2.45) is 0 Å². The number of ether oxygens (including phenoxy) is 1. The molecular weight excluding hydrogens is 220 g/mol. The highest BCUT2D eigenvalue weighted by molar-refractivity contribution is 5.95. The first-order chi connectivity index (χ1) is 8.29. The van der Waals surface area contributed by atoms with Gasteiger partial charge in [0.15, 0.2) is 11.0 Å². The molecule has 0 spiro atoms. The molecule has 1 saturated heterocycles. The van der Waals surface area contributed by atoms with Crippen LogP contribution in [0.25, 0.3) is 11.0 Å². The Morgan fingerprint density at radius 2 is 2.24 bits per heavy atom. The molecule has 2 aromatic rings. The van der Waals surface area contributed by atoms with Crippen LogP contribution in [0.2, 0.25) is 0 Å². The molecule has 1 fully saturated rings. The predicted molar refractivity (Wildman–Crippen MR) is 63.8 cm³/mol. The zero-order valence-corrected chi connectivity index (χ0v) is 9.59. The molecule has 0 radical (unpaired) electrons. The summed E-state index contributed by atoms with van der Waals surface area (Å²) in [5, 5.41) is 7.75. The molecule has 3 rings (SSSR count). The van der Waals surface area contributed by atoms with Crippen LogP contribution >= 0.6 is 0 Å². The monoisotopic (exact) mass is 234 g/mol. The molecule has 1 unspecified atom stereocenters. The van der Waals surface area contributed by atoms with Gasteiger partial charge < -0.3 is 15.4 Å². The molecule has 0 bridgehead atoms. The van der Waals surface area contributed by atoms with Crippen LogP contribution in [0.4, 0.5) is 11.4 Å². The molecule has 0 amide bonds. The van der Waals surface area contributed by atoms with Crippen LogP contribution in [-0.4, -0.2) is 36.6 Å². The highest BCUT2D eigenvalue weighted by atomic mass is 16.6. The quantitative estimate of drug-likeness (QED) is 0.782. The number of fused-ring (bicyclic) bond motifs is 1. The number of nitrogen functional groups attached to an aromatic ring is 1. The van der Waals surface area contributed by atoms with Crippen molar-refractivity contribution in [1.82, 2.24) is 10.3 Å². The zero-order chi connectivity index (χ0) is 11.8. The number of rotatable bonds is 2. The lowest BCUT2D eigenvalue weighted by atomic mass is 10.2. The number of aromatic nitrogens is 2. The second-order valence-corrected chi connectivity index (χ2v) is 4.23. The molecule has 6 nitrogen and oxygen atoms in total. The summed E-state index contributed by atoms with van der Waals surface area (Å²) in [6.07, 6.45) is 1.30. The molecule has 1 aromatic heterocycles. The Morgan fingerprint density at radius 3 is 3.00 bits per heavy atom. The standard InChI is InChI=1S/C11H14N4O2/c1-16-7-4-5-15(6-7)9-3-2-8(12)10-11(9)14-17-13-10/h2-3,7H,4-6,12H2,1H3. The first-order valence-corrected chi connectivity index (χ1v) is 5.58. The summed E-state index contributed by atoms with van der Waals surface area (Å²) in [4.78, 5) is 2.22. The summed E-state index contributed by atoms with van der Waals surface area (Å²) in [6, 6.07) is 3.79. The highest BCUT2D eigenvalue weighted by Gasteiger charge is 2.25. The van der Waals surface area contributed by atoms with Gasteiger partial charge in [0, 0.05) is 20.2 Å². The van der Waals surface area contributed by atoms with Gasteiger partial charge in [0.05, 0.1) is 17.5 Å². The molecule has 0 saturated carbocycles. The van der Waals surface area contributed by atoms with Crippen molar-refractivity contribution in [3.8, 4) is 0 Å². The average Bonchev–Trinajstić information content (AvgIpc) is 2.98. The van der Waals surface area contributed by atoms with Crippen molar-refractivity contribution in [2.45, 2.75) is 12.5 Å². The zero-order valence-electron chi connectivity index (χ0n) is 9.59. The van der Waals surface area contributed by atoms with Crippen molar-refractivity contribution in [2.75, 3.05) is 30.8 Å². The van der Waals surface area contributed by atoms with Gasteiger partial charge in [-0.25, -0.2) is 4.63 Å². The van der Waals surface area contributed by atoms with Crippen LogP contribution in [-0.2, 0) is 4.74 Å². The summed E-state index contributed by atoms with van der Waals surface area (Å²) in [6.45, 7) is 1.81. The second kappa shape index (κ2) is 3.89. The number of nitrogens with two attached hydrogens (primary N) is 1. The summed E-state index contributed by atoms with van der Waals surface area (Å²) in [5.41, 5.74) is 8.77. The minimum absolute atomic E-state index is 0.280. The van der Waals surface area contributed by atoms with Crippen LogP contribution in [0.3, 0.4) is 0 Å². The fourth-order valence-corrected chi connectivity index (χ4v) is 2.27. The van der Waals surface area contributed by atoms with Crippen molar-refractivity contribution in [1.29, 1.82) is 0 Å². The third kappa shape index (κ3) is 1.61. The fourth-order valence-electron chi connectivity index (χ4n) is 2.27. The van der Waals surface area contributed by atoms with Gasteiger partial charge in [0.2, 0.25) is 0 Å². The van der Waals surface area contributed by atoms with Gasteiger partial charge in [-0.3, -0.25) is 0 Å². The smallest absolute Gasteiger partial charge is 0.160 e. The number of methoxy groups -OCH3 is 1. The fraction of sp³-hybridized carbons (Fsp3) is 0.455. The van der Waals surface area contributed by atoms with E-state index in [1.54, 1.807) is 7.11 Å². The van der Waals surface area contributed by atoms with E-state index in [4.69, 9.17) is 15.1 Å². The minimum atomic E-state index is 0.280. The lowest BCUT2D eigenvalue weighted by molar-refractivity contribution is 0.121. The molecule has 17 heavy (non-hydrogen) atoms. The molecule has 1 aromatic carbocycles. The van der Waals surface area contributed by atoms with Gasteiger partial charge >= 0.3 is 0 Å². The van der Waals surface area contributed by atoms with E-state index < -0.39 is 0 Å². The maximum absolute atomic E-state index is 5.82. The maximum atomic E-state index is 5.82. The van der Waals surface area contributed by atoms with Crippen molar-refractivity contribution in [3.63, 3.8) is 0 Å². The summed E-state index contributed by atoms with van der Waals surface area (Å²) in [7, 11) is 1.74. The Bertz CT molecular complexity index is 539. The van der Waals surface area contributed by atoms with E-state index in [1.807, 2.05) is 12.1 Å². The van der Waals surface area contributed by atoms with E-state index in [-0.39, 0.29) is 6.10 Å². The first-order valence-electron chi connectivity index (χ1n) is 5.58. The lowest BCUT2D eigenvalue weighted by Crippen LogP contribution is -2.22. The van der Waals surface area contributed by atoms with Crippen molar-refractivity contribution in [3.05, 3.63) is 12.1 Å². The molecule has 90 valence electrons. The predicted octanol–water partition coefficient (Wildman–Crippen LogP) is 1.03. The van der Waals surface area contributed by atoms with Crippen LogP contribution in [0.1, 0.15) is 6.42 Å². The Hall–Kier alpha value is -1.82. The third-order valence-corrected chi connectivity index (χ3v) is 3.24. The Kier molecular flexibility index (Phi) is 2.36. The van der Waals surface area contributed by atoms with Gasteiger partial charge in [0.25, 0.3) is 0 Å². The Labute approximate surface area is 98.3 Å². The van der Waals surface area contributed by atoms with E-state index in [9.17, 15) is 0 Å². The van der Waals surface area contributed by atoms with Gasteiger partial charge in [0.1, 0.15) is 0 Å². The van der Waals surface area contributed by atoms with E-state index in [2.05, 4.69) is 15.2 Å². The maximum Gasteiger partial charge on any atom is 0.160 e. The van der Waals surface area contributed by atoms with Crippen LogP contribution in [0.5, 0.6) is 0 Å². The molecule has 2 heterocycles. The summed E-state index contributed by atoms with van der Waals surface area (Å²) >= 11 is 0. The average molecular weight is 234 g/mol. The Morgan fingerprint density at radius 1 is 1.41 bits per heavy atom. The van der Waals surface area contributed by atoms with Gasteiger partial charge in [-0.1, -0.05) is 0 Å². The summed E-state index contributed by atoms with van der Waals surface area (Å²) in [5.74, 6) is 0. The lowest BCUT2D eigenvalue weighted by Gasteiger charge is -2.18. The minimum Gasteiger partial charge on any atom is -0.397 e. The van der Waals surface area contributed by atoms with Gasteiger partial charge in [-0.2, -0.15) is 0 Å².